The van der Waals surface area contributed by atoms with E-state index < -0.39 is 15.6 Å². The molecule has 1 aromatic carbocycles. The lowest BCUT2D eigenvalue weighted by molar-refractivity contribution is 0.478. The summed E-state index contributed by atoms with van der Waals surface area (Å²) in [6.45, 7) is 3.80. The lowest BCUT2D eigenvalue weighted by Crippen LogP contribution is -2.44. The van der Waals surface area contributed by atoms with Crippen molar-refractivity contribution in [3.63, 3.8) is 0 Å². The molecule has 1 aromatic heterocycles. The second kappa shape index (κ2) is 6.48. The molecule has 0 spiro atoms. The van der Waals surface area contributed by atoms with Crippen molar-refractivity contribution in [1.82, 2.24) is 4.72 Å². The van der Waals surface area contributed by atoms with E-state index in [2.05, 4.69) is 4.72 Å². The van der Waals surface area contributed by atoms with E-state index in [9.17, 15) is 8.42 Å². The van der Waals surface area contributed by atoms with Gasteiger partial charge in [-0.05, 0) is 31.0 Å². The first-order chi connectivity index (χ1) is 9.91. The first-order valence-electron chi connectivity index (χ1n) is 6.65. The molecule has 21 heavy (non-hydrogen) atoms. The molecule has 6 heteroatoms. The number of rotatable bonds is 6. The molecule has 0 radical (unpaired) electrons. The van der Waals surface area contributed by atoms with Gasteiger partial charge in [0.25, 0.3) is 10.0 Å². The number of aryl methyl sites for hydroxylation is 1. The molecule has 114 valence electrons. The van der Waals surface area contributed by atoms with E-state index in [1.165, 1.54) is 11.3 Å². The summed E-state index contributed by atoms with van der Waals surface area (Å²) in [6.07, 6.45) is 0.825. The molecule has 0 saturated heterocycles. The highest BCUT2D eigenvalue weighted by Crippen LogP contribution is 2.28. The van der Waals surface area contributed by atoms with Crippen LogP contribution in [0, 0.1) is 0 Å². The topological polar surface area (TPSA) is 46.2 Å². The van der Waals surface area contributed by atoms with Gasteiger partial charge in [-0.15, -0.1) is 22.9 Å². The van der Waals surface area contributed by atoms with Crippen LogP contribution >= 0.6 is 22.9 Å². The Bertz CT molecular complexity index is 697. The van der Waals surface area contributed by atoms with E-state index in [1.807, 2.05) is 43.3 Å². The number of thiophene rings is 1. The Morgan fingerprint density at radius 3 is 2.38 bits per heavy atom. The van der Waals surface area contributed by atoms with Crippen LogP contribution in [0.15, 0.2) is 46.7 Å². The van der Waals surface area contributed by atoms with Crippen molar-refractivity contribution in [3.05, 3.63) is 52.9 Å². The molecule has 1 atom stereocenters. The number of alkyl halides is 1. The van der Waals surface area contributed by atoms with Crippen molar-refractivity contribution in [1.29, 1.82) is 0 Å². The summed E-state index contributed by atoms with van der Waals surface area (Å²) in [7, 11) is -3.58. The van der Waals surface area contributed by atoms with Gasteiger partial charge in [0.2, 0.25) is 0 Å². The average molecular weight is 344 g/mol. The zero-order chi connectivity index (χ0) is 15.5. The number of benzene rings is 1. The SMILES string of the molecule is CCc1ccc(S(=O)(=O)NC(C)(CCl)c2ccccc2)s1. The number of halogens is 1. The Hall–Kier alpha value is -0.880. The van der Waals surface area contributed by atoms with E-state index in [0.29, 0.717) is 4.21 Å². The van der Waals surface area contributed by atoms with E-state index in [-0.39, 0.29) is 5.88 Å². The minimum atomic E-state index is -3.58. The van der Waals surface area contributed by atoms with Crippen molar-refractivity contribution in [2.75, 3.05) is 5.88 Å². The van der Waals surface area contributed by atoms with Gasteiger partial charge in [-0.2, -0.15) is 4.72 Å². The van der Waals surface area contributed by atoms with Gasteiger partial charge >= 0.3 is 0 Å². The second-order valence-electron chi connectivity index (χ2n) is 5.01. The van der Waals surface area contributed by atoms with Crippen molar-refractivity contribution in [3.8, 4) is 0 Å². The van der Waals surface area contributed by atoms with E-state index in [0.717, 1.165) is 16.9 Å². The van der Waals surface area contributed by atoms with Crippen molar-refractivity contribution >= 4 is 33.0 Å². The first-order valence-corrected chi connectivity index (χ1v) is 9.49. The molecule has 0 amide bonds. The quantitative estimate of drug-likeness (QED) is 0.812. The number of hydrogen-bond acceptors (Lipinski definition) is 3. The van der Waals surface area contributed by atoms with E-state index in [1.54, 1.807) is 13.0 Å². The van der Waals surface area contributed by atoms with Crippen LogP contribution in [0.25, 0.3) is 0 Å². The molecule has 0 fully saturated rings. The van der Waals surface area contributed by atoms with Crippen molar-refractivity contribution < 1.29 is 8.42 Å². The van der Waals surface area contributed by atoms with E-state index in [4.69, 9.17) is 11.6 Å². The Balaban J connectivity index is 2.33. The summed E-state index contributed by atoms with van der Waals surface area (Å²) in [5.41, 5.74) is 0.00808. The van der Waals surface area contributed by atoms with Gasteiger partial charge in [-0.1, -0.05) is 37.3 Å². The molecule has 0 saturated carbocycles. The van der Waals surface area contributed by atoms with Crippen LogP contribution in [0.3, 0.4) is 0 Å². The van der Waals surface area contributed by atoms with E-state index >= 15 is 0 Å². The highest BCUT2D eigenvalue weighted by atomic mass is 35.5. The Morgan fingerprint density at radius 1 is 1.19 bits per heavy atom. The molecule has 0 aliphatic heterocycles. The van der Waals surface area contributed by atoms with Gasteiger partial charge < -0.3 is 0 Å². The highest BCUT2D eigenvalue weighted by molar-refractivity contribution is 7.91. The molecular formula is C15H18ClNO2S2. The van der Waals surface area contributed by atoms with Gasteiger partial charge in [-0.25, -0.2) is 8.42 Å². The standard InChI is InChI=1S/C15H18ClNO2S2/c1-3-13-9-10-14(20-13)21(18,19)17-15(2,11-16)12-7-5-4-6-8-12/h4-10,17H,3,11H2,1-2H3. The Kier molecular flexibility index (Phi) is 5.09. The minimum Gasteiger partial charge on any atom is -0.206 e. The minimum absolute atomic E-state index is 0.155. The monoisotopic (exact) mass is 343 g/mol. The van der Waals surface area contributed by atoms with Crippen molar-refractivity contribution in [2.45, 2.75) is 30.0 Å². The fraction of sp³-hybridized carbons (Fsp3) is 0.333. The largest absolute Gasteiger partial charge is 0.250 e. The summed E-state index contributed by atoms with van der Waals surface area (Å²) in [5.74, 6) is 0.155. The average Bonchev–Trinajstić information content (AvgIpc) is 2.97. The zero-order valence-electron chi connectivity index (χ0n) is 12.0. The molecule has 1 unspecified atom stereocenters. The first kappa shape index (κ1) is 16.5. The predicted octanol–water partition coefficient (Wildman–Crippen LogP) is 3.74. The van der Waals surface area contributed by atoms with Crippen LogP contribution in [-0.2, 0) is 22.0 Å². The lowest BCUT2D eigenvalue weighted by atomic mass is 9.96. The maximum atomic E-state index is 12.5. The Morgan fingerprint density at radius 2 is 1.86 bits per heavy atom. The third-order valence-corrected chi connectivity index (χ3v) is 7.14. The molecule has 1 N–H and O–H groups in total. The number of sulfonamides is 1. The third kappa shape index (κ3) is 3.66. The van der Waals surface area contributed by atoms with Gasteiger partial charge in [0.1, 0.15) is 4.21 Å². The zero-order valence-corrected chi connectivity index (χ0v) is 14.4. The van der Waals surface area contributed by atoms with Gasteiger partial charge in [0.15, 0.2) is 0 Å². The maximum Gasteiger partial charge on any atom is 0.250 e. The molecule has 0 bridgehead atoms. The molecule has 0 aliphatic rings. The molecular weight excluding hydrogens is 326 g/mol. The fourth-order valence-electron chi connectivity index (χ4n) is 2.01. The lowest BCUT2D eigenvalue weighted by Gasteiger charge is -2.28. The van der Waals surface area contributed by atoms with Crippen LogP contribution in [0.5, 0.6) is 0 Å². The van der Waals surface area contributed by atoms with Gasteiger partial charge in [0.05, 0.1) is 5.54 Å². The summed E-state index contributed by atoms with van der Waals surface area (Å²) in [5, 5.41) is 0. The predicted molar refractivity (Wildman–Crippen MR) is 88.5 cm³/mol. The second-order valence-corrected chi connectivity index (χ2v) is 8.36. The van der Waals surface area contributed by atoms with Crippen molar-refractivity contribution in [2.24, 2.45) is 0 Å². The Labute approximate surface area is 135 Å². The molecule has 0 aliphatic carbocycles. The highest BCUT2D eigenvalue weighted by Gasteiger charge is 2.32. The smallest absolute Gasteiger partial charge is 0.206 e. The van der Waals surface area contributed by atoms with Gasteiger partial charge in [-0.3, -0.25) is 0 Å². The summed E-state index contributed by atoms with van der Waals surface area (Å²) in [4.78, 5) is 1.04. The number of hydrogen-bond donors (Lipinski definition) is 1. The molecule has 3 nitrogen and oxygen atoms in total. The van der Waals surface area contributed by atoms with Crippen LogP contribution < -0.4 is 4.72 Å². The normalized spacial score (nSPS) is 14.8. The molecule has 1 heterocycles. The summed E-state index contributed by atoms with van der Waals surface area (Å²) >= 11 is 7.34. The van der Waals surface area contributed by atoms with Crippen LogP contribution in [0.4, 0.5) is 0 Å². The molecule has 2 rings (SSSR count). The van der Waals surface area contributed by atoms with Crippen LogP contribution in [-0.4, -0.2) is 14.3 Å². The summed E-state index contributed by atoms with van der Waals surface area (Å²) in [6, 6.07) is 12.9. The summed E-state index contributed by atoms with van der Waals surface area (Å²) < 4.78 is 28.2. The fourth-order valence-corrected chi connectivity index (χ4v) is 5.00. The van der Waals surface area contributed by atoms with Gasteiger partial charge in [0, 0.05) is 10.8 Å². The third-order valence-electron chi connectivity index (χ3n) is 3.29. The maximum absolute atomic E-state index is 12.5. The number of nitrogens with one attached hydrogen (secondary N) is 1. The molecule has 2 aromatic rings. The van der Waals surface area contributed by atoms with Crippen LogP contribution in [0.1, 0.15) is 24.3 Å². The van der Waals surface area contributed by atoms with Crippen LogP contribution in [0.2, 0.25) is 0 Å².